The molecular weight excluding hydrogens is 212 g/mol. The first-order valence-corrected chi connectivity index (χ1v) is 4.58. The maximum Gasteiger partial charge on any atom is 0.330 e. The minimum Gasteiger partial charge on any atom is -0.300 e. The van der Waals surface area contributed by atoms with Gasteiger partial charge in [-0.3, -0.25) is 24.3 Å². The van der Waals surface area contributed by atoms with Gasteiger partial charge in [-0.1, -0.05) is 12.2 Å². The van der Waals surface area contributed by atoms with Crippen LogP contribution in [0.2, 0.25) is 0 Å². The number of rotatable bonds is 2. The largest absolute Gasteiger partial charge is 0.330 e. The van der Waals surface area contributed by atoms with Gasteiger partial charge >= 0.3 is 11.4 Å². The molecule has 0 atom stereocenters. The zero-order chi connectivity index (χ0) is 11.9. The predicted octanol–water partition coefficient (Wildman–Crippen LogP) is -0.718. The first-order chi connectivity index (χ1) is 7.49. The molecule has 0 aliphatic rings. The Hall–Kier alpha value is -2.31. The molecule has 3 N–H and O–H groups in total. The number of nitrogens with zero attached hydrogens (tertiary/aromatic N) is 1. The first-order valence-electron chi connectivity index (χ1n) is 4.58. The van der Waals surface area contributed by atoms with E-state index in [2.05, 4.69) is 21.5 Å². The summed E-state index contributed by atoms with van der Waals surface area (Å²) in [6.45, 7) is 5.45. The summed E-state index contributed by atoms with van der Waals surface area (Å²) in [5, 5.41) is 0. The number of allylic oxidation sites excluding steroid dienone is 1. The van der Waals surface area contributed by atoms with Gasteiger partial charge in [0.2, 0.25) is 0 Å². The number of hydrogen-bond donors (Lipinski definition) is 3. The fourth-order valence-electron chi connectivity index (χ4n) is 1.45. The highest BCUT2D eigenvalue weighted by atomic mass is 16.2. The van der Waals surface area contributed by atoms with Gasteiger partial charge < -0.3 is 0 Å². The van der Waals surface area contributed by atoms with Crippen molar-refractivity contribution in [3.63, 3.8) is 0 Å². The van der Waals surface area contributed by atoms with Crippen LogP contribution in [0.3, 0.4) is 0 Å². The number of aromatic amines is 3. The van der Waals surface area contributed by atoms with Gasteiger partial charge in [-0.25, -0.2) is 9.59 Å². The third kappa shape index (κ3) is 1.52. The van der Waals surface area contributed by atoms with Gasteiger partial charge in [0.15, 0.2) is 5.52 Å². The van der Waals surface area contributed by atoms with Crippen LogP contribution in [0.5, 0.6) is 0 Å². The van der Waals surface area contributed by atoms with Gasteiger partial charge in [0.1, 0.15) is 5.65 Å². The lowest BCUT2D eigenvalue weighted by Crippen LogP contribution is -2.35. The normalized spacial score (nSPS) is 10.8. The summed E-state index contributed by atoms with van der Waals surface area (Å²) in [4.78, 5) is 41.4. The van der Waals surface area contributed by atoms with Crippen molar-refractivity contribution in [1.29, 1.82) is 0 Å². The molecule has 2 aromatic rings. The average molecular weight is 222 g/mol. The Kier molecular flexibility index (Phi) is 2.15. The van der Waals surface area contributed by atoms with E-state index in [0.717, 1.165) is 4.57 Å². The Bertz CT molecular complexity index is 728. The Morgan fingerprint density at radius 3 is 2.56 bits per heavy atom. The Morgan fingerprint density at radius 2 is 1.94 bits per heavy atom. The molecule has 0 saturated heterocycles. The molecule has 0 unspecified atom stereocenters. The SMILES string of the molecule is C=C(C)Cn1c(=O)[nH]c2[nH]c(=O)[nH]c2c1=O. The summed E-state index contributed by atoms with van der Waals surface area (Å²) in [6, 6.07) is 0. The molecule has 0 aromatic carbocycles. The zero-order valence-electron chi connectivity index (χ0n) is 8.59. The molecular formula is C9H10N4O3. The summed E-state index contributed by atoms with van der Waals surface area (Å²) in [5.74, 6) is 0. The third-order valence-electron chi connectivity index (χ3n) is 2.09. The van der Waals surface area contributed by atoms with Gasteiger partial charge in [-0.2, -0.15) is 0 Å². The molecule has 84 valence electrons. The monoisotopic (exact) mass is 222 g/mol. The molecule has 0 bridgehead atoms. The number of fused-ring (bicyclic) bond motifs is 1. The van der Waals surface area contributed by atoms with E-state index in [1.54, 1.807) is 6.92 Å². The van der Waals surface area contributed by atoms with E-state index in [-0.39, 0.29) is 17.7 Å². The summed E-state index contributed by atoms with van der Waals surface area (Å²) < 4.78 is 0.981. The second-order valence-corrected chi connectivity index (χ2v) is 3.61. The Balaban J connectivity index is 2.85. The van der Waals surface area contributed by atoms with Gasteiger partial charge in [-0.15, -0.1) is 0 Å². The molecule has 0 fully saturated rings. The minimum atomic E-state index is -0.573. The smallest absolute Gasteiger partial charge is 0.300 e. The summed E-state index contributed by atoms with van der Waals surface area (Å²) in [6.07, 6.45) is 0. The maximum absolute atomic E-state index is 11.8. The van der Waals surface area contributed by atoms with Crippen molar-refractivity contribution in [1.82, 2.24) is 19.5 Å². The lowest BCUT2D eigenvalue weighted by molar-refractivity contribution is 0.701. The van der Waals surface area contributed by atoms with Crippen molar-refractivity contribution in [2.75, 3.05) is 0 Å². The lowest BCUT2D eigenvalue weighted by Gasteiger charge is -2.02. The van der Waals surface area contributed by atoms with Gasteiger partial charge in [0, 0.05) is 0 Å². The minimum absolute atomic E-state index is 0.0610. The second kappa shape index (κ2) is 3.37. The third-order valence-corrected chi connectivity index (χ3v) is 2.09. The number of aromatic nitrogens is 4. The van der Waals surface area contributed by atoms with Crippen LogP contribution >= 0.6 is 0 Å². The summed E-state index contributed by atoms with van der Waals surface area (Å²) >= 11 is 0. The highest BCUT2D eigenvalue weighted by molar-refractivity contribution is 5.67. The molecule has 0 aliphatic carbocycles. The van der Waals surface area contributed by atoms with Gasteiger partial charge in [0.25, 0.3) is 5.56 Å². The van der Waals surface area contributed by atoms with Gasteiger partial charge in [0.05, 0.1) is 6.54 Å². The molecule has 0 radical (unpaired) electrons. The van der Waals surface area contributed by atoms with Crippen LogP contribution in [0.25, 0.3) is 11.2 Å². The van der Waals surface area contributed by atoms with Crippen LogP contribution in [0, 0.1) is 0 Å². The van der Waals surface area contributed by atoms with Crippen LogP contribution in [0.15, 0.2) is 26.5 Å². The molecule has 0 aliphatic heterocycles. The van der Waals surface area contributed by atoms with E-state index in [9.17, 15) is 14.4 Å². The van der Waals surface area contributed by atoms with Crippen molar-refractivity contribution in [2.45, 2.75) is 13.5 Å². The van der Waals surface area contributed by atoms with Crippen LogP contribution in [-0.4, -0.2) is 19.5 Å². The van der Waals surface area contributed by atoms with Crippen molar-refractivity contribution in [2.24, 2.45) is 0 Å². The molecule has 0 amide bonds. The lowest BCUT2D eigenvalue weighted by atomic mass is 10.3. The number of imidazole rings is 1. The highest BCUT2D eigenvalue weighted by Gasteiger charge is 2.09. The second-order valence-electron chi connectivity index (χ2n) is 3.61. The fourth-order valence-corrected chi connectivity index (χ4v) is 1.45. The van der Waals surface area contributed by atoms with Crippen molar-refractivity contribution >= 4 is 11.2 Å². The van der Waals surface area contributed by atoms with E-state index < -0.39 is 16.9 Å². The molecule has 7 heteroatoms. The summed E-state index contributed by atoms with van der Waals surface area (Å²) in [7, 11) is 0. The highest BCUT2D eigenvalue weighted by Crippen LogP contribution is 1.94. The molecule has 0 saturated carbocycles. The van der Waals surface area contributed by atoms with E-state index in [0.29, 0.717) is 5.57 Å². The maximum atomic E-state index is 11.8. The fraction of sp³-hybridized carbons (Fsp3) is 0.222. The molecule has 2 aromatic heterocycles. The van der Waals surface area contributed by atoms with Crippen molar-refractivity contribution < 1.29 is 0 Å². The molecule has 16 heavy (non-hydrogen) atoms. The van der Waals surface area contributed by atoms with E-state index in [1.807, 2.05) is 0 Å². The predicted molar refractivity (Wildman–Crippen MR) is 58.6 cm³/mol. The van der Waals surface area contributed by atoms with Crippen LogP contribution in [0.4, 0.5) is 0 Å². The van der Waals surface area contributed by atoms with Gasteiger partial charge in [-0.05, 0) is 6.92 Å². The van der Waals surface area contributed by atoms with E-state index >= 15 is 0 Å². The Morgan fingerprint density at radius 1 is 1.25 bits per heavy atom. The van der Waals surface area contributed by atoms with Crippen molar-refractivity contribution in [3.8, 4) is 0 Å². The molecule has 0 spiro atoms. The number of nitrogens with one attached hydrogen (secondary N) is 3. The number of hydrogen-bond acceptors (Lipinski definition) is 3. The standard InChI is InChI=1S/C9H10N4O3/c1-4(2)3-13-7(14)5-6(12-9(13)16)11-8(15)10-5/h1,3H2,2H3,(H,12,16)(H2,10,11,15). The molecule has 7 nitrogen and oxygen atoms in total. The summed E-state index contributed by atoms with van der Waals surface area (Å²) in [5.41, 5.74) is -0.805. The van der Waals surface area contributed by atoms with E-state index in [1.165, 1.54) is 0 Å². The molecule has 2 heterocycles. The van der Waals surface area contributed by atoms with Crippen LogP contribution in [-0.2, 0) is 6.54 Å². The Labute approximate surface area is 88.4 Å². The topological polar surface area (TPSA) is 104 Å². The van der Waals surface area contributed by atoms with Crippen LogP contribution < -0.4 is 16.9 Å². The number of H-pyrrole nitrogens is 3. The molecule has 2 rings (SSSR count). The van der Waals surface area contributed by atoms with E-state index in [4.69, 9.17) is 0 Å². The quantitative estimate of drug-likeness (QED) is 0.584. The first kappa shape index (κ1) is 10.2. The average Bonchev–Trinajstić information content (AvgIpc) is 2.53. The van der Waals surface area contributed by atoms with Crippen LogP contribution in [0.1, 0.15) is 6.92 Å². The zero-order valence-corrected chi connectivity index (χ0v) is 8.59. The van der Waals surface area contributed by atoms with Crippen molar-refractivity contribution in [3.05, 3.63) is 43.5 Å².